The molecule has 0 amide bonds. The van der Waals surface area contributed by atoms with Crippen molar-refractivity contribution in [3.05, 3.63) is 89.0 Å². The Morgan fingerprint density at radius 3 is 1.82 bits per heavy atom. The molecule has 0 aliphatic heterocycles. The second-order valence-corrected chi connectivity index (χ2v) is 9.43. The Morgan fingerprint density at radius 1 is 0.941 bits per heavy atom. The van der Waals surface area contributed by atoms with Crippen LogP contribution in [-0.4, -0.2) is 28.6 Å². The number of carbonyl (C=O) groups is 2. The molecule has 182 valence electrons. The highest BCUT2D eigenvalue weighted by Crippen LogP contribution is 2.32. The zero-order chi connectivity index (χ0) is 25.5. The molecule has 0 fully saturated rings. The predicted molar refractivity (Wildman–Crippen MR) is 129 cm³/mol. The van der Waals surface area contributed by atoms with E-state index in [-0.39, 0.29) is 24.0 Å². The fourth-order valence-electron chi connectivity index (χ4n) is 3.42. The number of carbonyl (C=O) groups excluding carboxylic acids is 2. The van der Waals surface area contributed by atoms with Gasteiger partial charge in [-0.05, 0) is 73.2 Å². The molecule has 2 rings (SSSR count). The monoisotopic (exact) mass is 470 g/mol. The summed E-state index contributed by atoms with van der Waals surface area (Å²) in [5.74, 6) is -1.82. The summed E-state index contributed by atoms with van der Waals surface area (Å²) in [6.07, 6.45) is 1.47. The number of hydrogen-bond acceptors (Lipinski definition) is 4. The first-order valence-electron chi connectivity index (χ1n) is 11.2. The number of halogens is 2. The third-order valence-electron chi connectivity index (χ3n) is 4.87. The molecular formula is C28H32F2O4. The number of aliphatic hydroxyl groups excluding tert-OH is 1. The molecule has 0 saturated carbocycles. The van der Waals surface area contributed by atoms with Crippen LogP contribution in [0.2, 0.25) is 0 Å². The molecule has 0 saturated heterocycles. The third-order valence-corrected chi connectivity index (χ3v) is 4.87. The largest absolute Gasteiger partial charge is 0.460 e. The van der Waals surface area contributed by atoms with Crippen LogP contribution >= 0.6 is 0 Å². The molecule has 0 spiro atoms. The molecule has 0 bridgehead atoms. The predicted octanol–water partition coefficient (Wildman–Crippen LogP) is 6.03. The topological polar surface area (TPSA) is 63.6 Å². The highest BCUT2D eigenvalue weighted by Gasteiger charge is 2.20. The van der Waals surface area contributed by atoms with Crippen molar-refractivity contribution in [3.8, 4) is 0 Å². The Morgan fingerprint density at radius 2 is 1.41 bits per heavy atom. The van der Waals surface area contributed by atoms with E-state index in [1.54, 1.807) is 51.1 Å². The normalized spacial score (nSPS) is 12.6. The van der Waals surface area contributed by atoms with Gasteiger partial charge in [-0.2, -0.15) is 0 Å². The minimum atomic E-state index is -1.11. The number of ketones is 1. The molecule has 0 radical (unpaired) electrons. The molecule has 0 aliphatic carbocycles. The van der Waals surface area contributed by atoms with E-state index in [4.69, 9.17) is 4.74 Å². The van der Waals surface area contributed by atoms with Crippen molar-refractivity contribution in [2.45, 2.75) is 59.2 Å². The summed E-state index contributed by atoms with van der Waals surface area (Å²) >= 11 is 0. The van der Waals surface area contributed by atoms with E-state index in [2.05, 4.69) is 0 Å². The summed E-state index contributed by atoms with van der Waals surface area (Å²) in [5, 5.41) is 10.4. The number of benzene rings is 2. The van der Waals surface area contributed by atoms with Crippen LogP contribution in [0.3, 0.4) is 0 Å². The average Bonchev–Trinajstić information content (AvgIpc) is 2.71. The van der Waals surface area contributed by atoms with E-state index in [1.165, 1.54) is 30.3 Å². The van der Waals surface area contributed by atoms with E-state index >= 15 is 0 Å². The van der Waals surface area contributed by atoms with Crippen molar-refractivity contribution < 1.29 is 28.2 Å². The summed E-state index contributed by atoms with van der Waals surface area (Å²) < 4.78 is 32.2. The number of Topliss-reactive ketones (excluding diaryl/α,β-unsaturated/α-hetero) is 1. The number of esters is 1. The molecule has 1 N–H and O–H groups in total. The van der Waals surface area contributed by atoms with Crippen LogP contribution < -0.4 is 0 Å². The van der Waals surface area contributed by atoms with Gasteiger partial charge < -0.3 is 9.84 Å². The van der Waals surface area contributed by atoms with Gasteiger partial charge in [-0.15, -0.1) is 0 Å². The van der Waals surface area contributed by atoms with Crippen LogP contribution in [0.15, 0.2) is 66.3 Å². The number of allylic oxidation sites excluding steroid dienone is 2. The molecule has 1 unspecified atom stereocenters. The second-order valence-electron chi connectivity index (χ2n) is 9.43. The summed E-state index contributed by atoms with van der Waals surface area (Å²) in [5.41, 5.74) is 2.35. The Hall–Kier alpha value is -3.12. The van der Waals surface area contributed by atoms with E-state index < -0.39 is 29.9 Å². The van der Waals surface area contributed by atoms with Gasteiger partial charge in [0.1, 0.15) is 29.4 Å². The molecule has 34 heavy (non-hydrogen) atoms. The molecule has 0 aromatic heterocycles. The van der Waals surface area contributed by atoms with Crippen molar-refractivity contribution in [1.82, 2.24) is 0 Å². The van der Waals surface area contributed by atoms with Gasteiger partial charge in [0.15, 0.2) is 0 Å². The van der Waals surface area contributed by atoms with Crippen molar-refractivity contribution in [2.75, 3.05) is 0 Å². The van der Waals surface area contributed by atoms with Gasteiger partial charge in [-0.25, -0.2) is 8.78 Å². The SMILES string of the molecule is CC(C)C(C=CC(O)CC(=O)CC(=O)OC(C)(C)C)=C(c1ccc(F)cc1)c1ccc(F)cc1. The lowest BCUT2D eigenvalue weighted by Gasteiger charge is -2.19. The molecule has 2 aromatic carbocycles. The van der Waals surface area contributed by atoms with Crippen LogP contribution in [0.1, 0.15) is 58.6 Å². The zero-order valence-corrected chi connectivity index (χ0v) is 20.3. The molecule has 2 aromatic rings. The van der Waals surface area contributed by atoms with Gasteiger partial charge in [-0.3, -0.25) is 9.59 Å². The van der Waals surface area contributed by atoms with Crippen LogP contribution in [0, 0.1) is 17.6 Å². The summed E-state index contributed by atoms with van der Waals surface area (Å²) in [4.78, 5) is 24.0. The standard InChI is InChI=1S/C28H32F2O4/c1-18(2)25(15-14-23(31)16-24(32)17-26(33)34-28(3,4)5)27(19-6-10-21(29)11-7-19)20-8-12-22(30)13-9-20/h6-15,18,23,31H,16-17H2,1-5H3. The number of rotatable bonds is 9. The second kappa shape index (κ2) is 11.8. The molecule has 4 nitrogen and oxygen atoms in total. The smallest absolute Gasteiger partial charge is 0.313 e. The first-order valence-corrected chi connectivity index (χ1v) is 11.2. The van der Waals surface area contributed by atoms with Gasteiger partial charge in [0.05, 0.1) is 6.10 Å². The minimum absolute atomic E-state index is 0.00831. The maximum Gasteiger partial charge on any atom is 0.313 e. The molecule has 0 aliphatic rings. The Kier molecular flexibility index (Phi) is 9.45. The lowest BCUT2D eigenvalue weighted by Crippen LogP contribution is -2.26. The minimum Gasteiger partial charge on any atom is -0.460 e. The van der Waals surface area contributed by atoms with Crippen molar-refractivity contribution in [1.29, 1.82) is 0 Å². The highest BCUT2D eigenvalue weighted by molar-refractivity contribution is 5.96. The van der Waals surface area contributed by atoms with E-state index in [0.29, 0.717) is 0 Å². The Bertz CT molecular complexity index is 996. The van der Waals surface area contributed by atoms with E-state index in [0.717, 1.165) is 22.3 Å². The highest BCUT2D eigenvalue weighted by atomic mass is 19.1. The van der Waals surface area contributed by atoms with Gasteiger partial charge in [0.25, 0.3) is 0 Å². The third kappa shape index (κ3) is 8.67. The fraction of sp³-hybridized carbons (Fsp3) is 0.357. The lowest BCUT2D eigenvalue weighted by molar-refractivity contribution is -0.156. The van der Waals surface area contributed by atoms with Crippen molar-refractivity contribution in [2.24, 2.45) is 5.92 Å². The summed E-state index contributed by atoms with van der Waals surface area (Å²) in [6.45, 7) is 9.07. The van der Waals surface area contributed by atoms with Crippen LogP contribution in [-0.2, 0) is 14.3 Å². The Labute approximate surface area is 200 Å². The van der Waals surface area contributed by atoms with Crippen molar-refractivity contribution >= 4 is 17.3 Å². The van der Waals surface area contributed by atoms with Crippen molar-refractivity contribution in [3.63, 3.8) is 0 Å². The Balaban J connectivity index is 2.32. The lowest BCUT2D eigenvalue weighted by atomic mass is 9.87. The maximum absolute atomic E-state index is 13.5. The molecular weight excluding hydrogens is 438 g/mol. The first-order chi connectivity index (χ1) is 15.9. The first kappa shape index (κ1) is 27.1. The molecule has 0 heterocycles. The number of aliphatic hydroxyl groups is 1. The van der Waals surface area contributed by atoms with Gasteiger partial charge in [0, 0.05) is 6.42 Å². The quantitative estimate of drug-likeness (QED) is 0.276. The number of ether oxygens (including phenoxy) is 1. The van der Waals surface area contributed by atoms with Crippen LogP contribution in [0.5, 0.6) is 0 Å². The molecule has 6 heteroatoms. The van der Waals surface area contributed by atoms with Gasteiger partial charge >= 0.3 is 5.97 Å². The maximum atomic E-state index is 13.5. The average molecular weight is 471 g/mol. The summed E-state index contributed by atoms with van der Waals surface area (Å²) in [6, 6.07) is 12.0. The van der Waals surface area contributed by atoms with E-state index in [1.807, 2.05) is 13.8 Å². The van der Waals surface area contributed by atoms with Crippen LogP contribution in [0.4, 0.5) is 8.78 Å². The summed E-state index contributed by atoms with van der Waals surface area (Å²) in [7, 11) is 0. The fourth-order valence-corrected chi connectivity index (χ4v) is 3.42. The van der Waals surface area contributed by atoms with Crippen LogP contribution in [0.25, 0.3) is 5.57 Å². The van der Waals surface area contributed by atoms with Gasteiger partial charge in [0.2, 0.25) is 0 Å². The number of hydrogen-bond donors (Lipinski definition) is 1. The van der Waals surface area contributed by atoms with E-state index in [9.17, 15) is 23.5 Å². The molecule has 1 atom stereocenters. The van der Waals surface area contributed by atoms with Gasteiger partial charge in [-0.1, -0.05) is 50.3 Å². The zero-order valence-electron chi connectivity index (χ0n) is 20.3.